The summed E-state index contributed by atoms with van der Waals surface area (Å²) in [4.78, 5) is 16.2. The second-order valence-corrected chi connectivity index (χ2v) is 5.42. The van der Waals surface area contributed by atoms with Gasteiger partial charge in [0.1, 0.15) is 0 Å². The molecule has 1 aromatic heterocycles. The molecule has 0 radical (unpaired) electrons. The molecular formula is C15H19ClN4O2. The van der Waals surface area contributed by atoms with E-state index in [-0.39, 0.29) is 24.9 Å². The van der Waals surface area contributed by atoms with Crippen LogP contribution in [0.4, 0.5) is 0 Å². The summed E-state index contributed by atoms with van der Waals surface area (Å²) in [7, 11) is 0. The van der Waals surface area contributed by atoms with Crippen molar-refractivity contribution in [3.8, 4) is 0 Å². The Morgan fingerprint density at radius 2 is 1.95 bits per heavy atom. The minimum atomic E-state index is -0.467. The summed E-state index contributed by atoms with van der Waals surface area (Å²) < 4.78 is 5.17. The molecule has 1 saturated carbocycles. The van der Waals surface area contributed by atoms with E-state index in [1.807, 2.05) is 18.2 Å². The first-order valence-electron chi connectivity index (χ1n) is 7.13. The predicted molar refractivity (Wildman–Crippen MR) is 83.5 cm³/mol. The lowest BCUT2D eigenvalue weighted by Gasteiger charge is -2.17. The van der Waals surface area contributed by atoms with Crippen molar-refractivity contribution in [2.24, 2.45) is 5.73 Å². The Labute approximate surface area is 134 Å². The summed E-state index contributed by atoms with van der Waals surface area (Å²) in [5.74, 6) is 0.758. The van der Waals surface area contributed by atoms with Gasteiger partial charge in [-0.1, -0.05) is 36.2 Å². The lowest BCUT2D eigenvalue weighted by molar-refractivity contribution is 0.0946. The zero-order valence-electron chi connectivity index (χ0n) is 12.1. The van der Waals surface area contributed by atoms with E-state index in [2.05, 4.69) is 15.5 Å². The average Bonchev–Trinajstić information content (AvgIpc) is 3.15. The Kier molecular flexibility index (Phi) is 5.15. The van der Waals surface area contributed by atoms with Crippen molar-refractivity contribution in [3.63, 3.8) is 0 Å². The van der Waals surface area contributed by atoms with Crippen LogP contribution in [-0.4, -0.2) is 16.0 Å². The van der Waals surface area contributed by atoms with E-state index in [4.69, 9.17) is 10.3 Å². The quantitative estimate of drug-likeness (QED) is 0.899. The fourth-order valence-corrected chi connectivity index (χ4v) is 2.61. The van der Waals surface area contributed by atoms with Crippen molar-refractivity contribution < 1.29 is 9.32 Å². The van der Waals surface area contributed by atoms with Crippen LogP contribution in [0.5, 0.6) is 0 Å². The summed E-state index contributed by atoms with van der Waals surface area (Å²) >= 11 is 0. The molecule has 1 heterocycles. The Morgan fingerprint density at radius 3 is 2.64 bits per heavy atom. The average molecular weight is 323 g/mol. The number of halogens is 1. The summed E-state index contributed by atoms with van der Waals surface area (Å²) in [5.41, 5.74) is 6.40. The number of hydrogen-bond acceptors (Lipinski definition) is 5. The molecule has 1 fully saturated rings. The first-order chi connectivity index (χ1) is 10.2. The van der Waals surface area contributed by atoms with E-state index in [9.17, 15) is 4.79 Å². The topological polar surface area (TPSA) is 94.0 Å². The lowest BCUT2D eigenvalue weighted by atomic mass is 9.99. The highest BCUT2D eigenvalue weighted by Crippen LogP contribution is 2.34. The maximum atomic E-state index is 11.9. The molecule has 118 valence electrons. The summed E-state index contributed by atoms with van der Waals surface area (Å²) in [6.07, 6.45) is 3.93. The van der Waals surface area contributed by atoms with E-state index in [0.29, 0.717) is 17.3 Å². The number of hydrogen-bond donors (Lipinski definition) is 2. The molecule has 2 aromatic rings. The zero-order valence-corrected chi connectivity index (χ0v) is 12.9. The smallest absolute Gasteiger partial charge is 0.251 e. The third kappa shape index (κ3) is 3.45. The normalized spacial score (nSPS) is 16.0. The Bertz CT molecular complexity index is 623. The van der Waals surface area contributed by atoms with Gasteiger partial charge in [-0.15, -0.1) is 12.4 Å². The van der Waals surface area contributed by atoms with Crippen molar-refractivity contribution in [1.29, 1.82) is 0 Å². The molecule has 6 nitrogen and oxygen atoms in total. The molecule has 7 heteroatoms. The van der Waals surface area contributed by atoms with Crippen LogP contribution < -0.4 is 11.1 Å². The second-order valence-electron chi connectivity index (χ2n) is 5.42. The van der Waals surface area contributed by atoms with Gasteiger partial charge in [0.05, 0.1) is 12.1 Å². The van der Waals surface area contributed by atoms with Gasteiger partial charge in [0.15, 0.2) is 5.82 Å². The molecule has 0 bridgehead atoms. The predicted octanol–water partition coefficient (Wildman–Crippen LogP) is 2.15. The number of benzene rings is 1. The molecule has 22 heavy (non-hydrogen) atoms. The number of carbonyl (C=O) groups excluding carboxylic acids is 1. The van der Waals surface area contributed by atoms with Gasteiger partial charge in [0.2, 0.25) is 5.89 Å². The molecule has 1 aromatic carbocycles. The first-order valence-corrected chi connectivity index (χ1v) is 7.13. The van der Waals surface area contributed by atoms with Crippen LogP contribution >= 0.6 is 12.4 Å². The number of carbonyl (C=O) groups is 1. The van der Waals surface area contributed by atoms with Gasteiger partial charge < -0.3 is 15.6 Å². The van der Waals surface area contributed by atoms with Gasteiger partial charge in [-0.25, -0.2) is 0 Å². The molecule has 0 saturated heterocycles. The fourth-order valence-electron chi connectivity index (χ4n) is 2.61. The molecular weight excluding hydrogens is 304 g/mol. The SMILES string of the molecule is Cl.NC1(c2noc(CNC(=O)c3ccccc3)n2)CCCC1. The van der Waals surface area contributed by atoms with Crippen molar-refractivity contribution in [1.82, 2.24) is 15.5 Å². The van der Waals surface area contributed by atoms with Crippen molar-refractivity contribution in [3.05, 3.63) is 47.6 Å². The highest BCUT2D eigenvalue weighted by atomic mass is 35.5. The Morgan fingerprint density at radius 1 is 1.27 bits per heavy atom. The molecule has 1 aliphatic carbocycles. The van der Waals surface area contributed by atoms with Crippen molar-refractivity contribution in [2.45, 2.75) is 37.8 Å². The molecule has 3 N–H and O–H groups in total. The van der Waals surface area contributed by atoms with Gasteiger partial charge in [0.25, 0.3) is 5.91 Å². The van der Waals surface area contributed by atoms with E-state index >= 15 is 0 Å². The highest BCUT2D eigenvalue weighted by molar-refractivity contribution is 5.93. The van der Waals surface area contributed by atoms with Crippen LogP contribution in [0, 0.1) is 0 Å². The van der Waals surface area contributed by atoms with Gasteiger partial charge >= 0.3 is 0 Å². The van der Waals surface area contributed by atoms with Gasteiger partial charge in [-0.3, -0.25) is 4.79 Å². The first kappa shape index (κ1) is 16.5. The van der Waals surface area contributed by atoms with E-state index in [0.717, 1.165) is 25.7 Å². The monoisotopic (exact) mass is 322 g/mol. The lowest BCUT2D eigenvalue weighted by Crippen LogP contribution is -2.34. The number of amides is 1. The van der Waals surface area contributed by atoms with E-state index < -0.39 is 5.54 Å². The molecule has 0 atom stereocenters. The summed E-state index contributed by atoms with van der Waals surface area (Å²) in [6.45, 7) is 0.205. The van der Waals surface area contributed by atoms with E-state index in [1.165, 1.54) is 0 Å². The molecule has 0 aliphatic heterocycles. The van der Waals surface area contributed by atoms with Crippen molar-refractivity contribution >= 4 is 18.3 Å². The Balaban J connectivity index is 0.00000176. The number of aromatic nitrogens is 2. The van der Waals surface area contributed by atoms with Gasteiger partial charge in [-0.2, -0.15) is 4.98 Å². The molecule has 1 aliphatic rings. The minimum absolute atomic E-state index is 0. The maximum absolute atomic E-state index is 11.9. The number of nitrogens with one attached hydrogen (secondary N) is 1. The second kappa shape index (κ2) is 6.89. The molecule has 0 unspecified atom stereocenters. The van der Waals surface area contributed by atoms with Crippen LogP contribution in [-0.2, 0) is 12.1 Å². The van der Waals surface area contributed by atoms with E-state index in [1.54, 1.807) is 12.1 Å². The number of nitrogens with two attached hydrogens (primary N) is 1. The largest absolute Gasteiger partial charge is 0.343 e. The van der Waals surface area contributed by atoms with Crippen LogP contribution in [0.2, 0.25) is 0 Å². The standard InChI is InChI=1S/C15H18N4O2.ClH/c16-15(8-4-5-9-15)14-18-12(21-19-14)10-17-13(20)11-6-2-1-3-7-11;/h1-3,6-7H,4-5,8-10,16H2,(H,17,20);1H. The zero-order chi connectivity index (χ0) is 14.7. The Hall–Kier alpha value is -1.92. The van der Waals surface area contributed by atoms with Crippen LogP contribution in [0.3, 0.4) is 0 Å². The fraction of sp³-hybridized carbons (Fsp3) is 0.400. The van der Waals surface area contributed by atoms with Gasteiger partial charge in [0, 0.05) is 5.56 Å². The van der Waals surface area contributed by atoms with Gasteiger partial charge in [-0.05, 0) is 25.0 Å². The van der Waals surface area contributed by atoms with Crippen LogP contribution in [0.1, 0.15) is 47.8 Å². The maximum Gasteiger partial charge on any atom is 0.251 e. The van der Waals surface area contributed by atoms with Crippen molar-refractivity contribution in [2.75, 3.05) is 0 Å². The summed E-state index contributed by atoms with van der Waals surface area (Å²) in [6, 6.07) is 9.00. The minimum Gasteiger partial charge on any atom is -0.343 e. The van der Waals surface area contributed by atoms with Crippen LogP contribution in [0.25, 0.3) is 0 Å². The third-order valence-corrected chi connectivity index (χ3v) is 3.85. The third-order valence-electron chi connectivity index (χ3n) is 3.85. The number of nitrogens with zero attached hydrogens (tertiary/aromatic N) is 2. The van der Waals surface area contributed by atoms with Crippen LogP contribution in [0.15, 0.2) is 34.9 Å². The molecule has 3 rings (SSSR count). The molecule has 0 spiro atoms. The highest BCUT2D eigenvalue weighted by Gasteiger charge is 2.35. The molecule has 1 amide bonds. The summed E-state index contributed by atoms with van der Waals surface area (Å²) in [5, 5.41) is 6.71. The number of rotatable bonds is 4.